The SMILES string of the molecule is Cn1cc(NC(=O)c2ccc3nc[nH]c3c2)cn1. The van der Waals surface area contributed by atoms with Gasteiger partial charge in [0.05, 0.1) is 29.2 Å². The molecule has 0 aliphatic carbocycles. The fraction of sp³-hybridized carbons (Fsp3) is 0.0833. The van der Waals surface area contributed by atoms with E-state index in [-0.39, 0.29) is 5.91 Å². The third kappa shape index (κ3) is 1.84. The molecule has 90 valence electrons. The summed E-state index contributed by atoms with van der Waals surface area (Å²) in [6, 6.07) is 5.33. The van der Waals surface area contributed by atoms with Crippen LogP contribution in [-0.2, 0) is 7.05 Å². The van der Waals surface area contributed by atoms with Gasteiger partial charge in [-0.1, -0.05) is 0 Å². The lowest BCUT2D eigenvalue weighted by Crippen LogP contribution is -2.11. The second kappa shape index (κ2) is 3.99. The van der Waals surface area contributed by atoms with Crippen LogP contribution in [0.4, 0.5) is 5.69 Å². The number of aromatic amines is 1. The Labute approximate surface area is 103 Å². The van der Waals surface area contributed by atoms with E-state index in [9.17, 15) is 4.79 Å². The average molecular weight is 241 g/mol. The number of aromatic nitrogens is 4. The number of amides is 1. The summed E-state index contributed by atoms with van der Waals surface area (Å²) < 4.78 is 1.63. The molecule has 0 atom stereocenters. The molecule has 3 rings (SSSR count). The van der Waals surface area contributed by atoms with Crippen LogP contribution in [0.15, 0.2) is 36.9 Å². The molecule has 0 fully saturated rings. The second-order valence-corrected chi connectivity index (χ2v) is 3.99. The molecule has 0 saturated carbocycles. The third-order valence-corrected chi connectivity index (χ3v) is 2.65. The molecule has 2 N–H and O–H groups in total. The average Bonchev–Trinajstić information content (AvgIpc) is 2.96. The number of H-pyrrole nitrogens is 1. The maximum absolute atomic E-state index is 12.0. The normalized spacial score (nSPS) is 10.7. The van der Waals surface area contributed by atoms with Gasteiger partial charge in [0.1, 0.15) is 0 Å². The minimum atomic E-state index is -0.167. The van der Waals surface area contributed by atoms with Crippen LogP contribution in [0.5, 0.6) is 0 Å². The zero-order valence-corrected chi connectivity index (χ0v) is 9.71. The van der Waals surface area contributed by atoms with Crippen LogP contribution in [0.1, 0.15) is 10.4 Å². The van der Waals surface area contributed by atoms with Gasteiger partial charge in [-0.2, -0.15) is 5.10 Å². The zero-order valence-electron chi connectivity index (χ0n) is 9.71. The van der Waals surface area contributed by atoms with Gasteiger partial charge in [0.2, 0.25) is 0 Å². The van der Waals surface area contributed by atoms with Crippen molar-refractivity contribution in [3.8, 4) is 0 Å². The van der Waals surface area contributed by atoms with Gasteiger partial charge in [0, 0.05) is 18.8 Å². The highest BCUT2D eigenvalue weighted by Crippen LogP contribution is 2.13. The molecule has 0 bridgehead atoms. The number of aryl methyl sites for hydroxylation is 1. The molecule has 6 heteroatoms. The molecule has 2 heterocycles. The number of fused-ring (bicyclic) bond motifs is 1. The molecule has 18 heavy (non-hydrogen) atoms. The molecule has 0 aliphatic rings. The van der Waals surface area contributed by atoms with E-state index in [0.717, 1.165) is 11.0 Å². The molecule has 0 spiro atoms. The van der Waals surface area contributed by atoms with Gasteiger partial charge < -0.3 is 10.3 Å². The van der Waals surface area contributed by atoms with Crippen LogP contribution in [-0.4, -0.2) is 25.7 Å². The molecule has 2 aromatic heterocycles. The number of rotatable bonds is 2. The smallest absolute Gasteiger partial charge is 0.255 e. The van der Waals surface area contributed by atoms with Gasteiger partial charge in [-0.15, -0.1) is 0 Å². The number of carbonyl (C=O) groups is 1. The lowest BCUT2D eigenvalue weighted by atomic mass is 10.2. The first kappa shape index (κ1) is 10.5. The van der Waals surface area contributed by atoms with Crippen molar-refractivity contribution in [2.45, 2.75) is 0 Å². The monoisotopic (exact) mass is 241 g/mol. The van der Waals surface area contributed by atoms with Crippen LogP contribution in [0.2, 0.25) is 0 Å². The molecular weight excluding hydrogens is 230 g/mol. The highest BCUT2D eigenvalue weighted by Gasteiger charge is 2.08. The highest BCUT2D eigenvalue weighted by atomic mass is 16.1. The van der Waals surface area contributed by atoms with Gasteiger partial charge in [0.25, 0.3) is 5.91 Å². The summed E-state index contributed by atoms with van der Waals surface area (Å²) in [5.41, 5.74) is 2.93. The van der Waals surface area contributed by atoms with Crippen molar-refractivity contribution >= 4 is 22.6 Å². The van der Waals surface area contributed by atoms with E-state index in [2.05, 4.69) is 20.4 Å². The second-order valence-electron chi connectivity index (χ2n) is 3.99. The Morgan fingerprint density at radius 2 is 2.33 bits per heavy atom. The number of anilines is 1. The molecule has 1 aromatic carbocycles. The first-order chi connectivity index (χ1) is 8.72. The quantitative estimate of drug-likeness (QED) is 0.714. The summed E-state index contributed by atoms with van der Waals surface area (Å²) in [5.74, 6) is -0.167. The van der Waals surface area contributed by atoms with E-state index in [1.165, 1.54) is 0 Å². The van der Waals surface area contributed by atoms with Crippen LogP contribution < -0.4 is 5.32 Å². The molecule has 0 radical (unpaired) electrons. The van der Waals surface area contributed by atoms with Gasteiger partial charge in [-0.3, -0.25) is 9.48 Å². The van der Waals surface area contributed by atoms with Crippen molar-refractivity contribution in [1.29, 1.82) is 0 Å². The molecule has 0 saturated heterocycles. The summed E-state index contributed by atoms with van der Waals surface area (Å²) in [6.07, 6.45) is 4.95. The van der Waals surface area contributed by atoms with E-state index >= 15 is 0 Å². The van der Waals surface area contributed by atoms with Crippen molar-refractivity contribution in [2.75, 3.05) is 5.32 Å². The van der Waals surface area contributed by atoms with Gasteiger partial charge in [0.15, 0.2) is 0 Å². The summed E-state index contributed by atoms with van der Waals surface area (Å²) in [7, 11) is 1.80. The largest absolute Gasteiger partial charge is 0.345 e. The number of hydrogen-bond acceptors (Lipinski definition) is 3. The molecule has 0 unspecified atom stereocenters. The van der Waals surface area contributed by atoms with Gasteiger partial charge in [-0.25, -0.2) is 4.98 Å². The number of imidazole rings is 1. The topological polar surface area (TPSA) is 75.6 Å². The molecular formula is C12H11N5O. The van der Waals surface area contributed by atoms with E-state index in [1.54, 1.807) is 42.6 Å². The summed E-state index contributed by atoms with van der Waals surface area (Å²) in [6.45, 7) is 0. The summed E-state index contributed by atoms with van der Waals surface area (Å²) in [5, 5.41) is 6.77. The summed E-state index contributed by atoms with van der Waals surface area (Å²) >= 11 is 0. The number of carbonyl (C=O) groups excluding carboxylic acids is 1. The van der Waals surface area contributed by atoms with Gasteiger partial charge in [-0.05, 0) is 18.2 Å². The Hall–Kier alpha value is -2.63. The number of nitrogens with one attached hydrogen (secondary N) is 2. The Balaban J connectivity index is 1.87. The van der Waals surface area contributed by atoms with Crippen molar-refractivity contribution in [3.63, 3.8) is 0 Å². The minimum absolute atomic E-state index is 0.167. The van der Waals surface area contributed by atoms with E-state index < -0.39 is 0 Å². The minimum Gasteiger partial charge on any atom is -0.345 e. The van der Waals surface area contributed by atoms with E-state index in [0.29, 0.717) is 11.3 Å². The van der Waals surface area contributed by atoms with Crippen molar-refractivity contribution in [3.05, 3.63) is 42.5 Å². The van der Waals surface area contributed by atoms with E-state index in [4.69, 9.17) is 0 Å². The fourth-order valence-corrected chi connectivity index (χ4v) is 1.77. The number of benzene rings is 1. The Bertz CT molecular complexity index is 712. The molecule has 1 amide bonds. The molecule has 6 nitrogen and oxygen atoms in total. The third-order valence-electron chi connectivity index (χ3n) is 2.65. The lowest BCUT2D eigenvalue weighted by Gasteiger charge is -2.02. The predicted molar refractivity (Wildman–Crippen MR) is 67.3 cm³/mol. The van der Waals surface area contributed by atoms with E-state index in [1.807, 2.05) is 6.07 Å². The maximum atomic E-state index is 12.0. The highest BCUT2D eigenvalue weighted by molar-refractivity contribution is 6.05. The molecule has 3 aromatic rings. The van der Waals surface area contributed by atoms with Crippen LogP contribution >= 0.6 is 0 Å². The van der Waals surface area contributed by atoms with Crippen molar-refractivity contribution in [2.24, 2.45) is 7.05 Å². The Kier molecular flexibility index (Phi) is 2.33. The number of hydrogen-bond donors (Lipinski definition) is 2. The van der Waals surface area contributed by atoms with Crippen LogP contribution in [0.3, 0.4) is 0 Å². The first-order valence-electron chi connectivity index (χ1n) is 5.45. The van der Waals surface area contributed by atoms with Gasteiger partial charge >= 0.3 is 0 Å². The van der Waals surface area contributed by atoms with Crippen LogP contribution in [0, 0.1) is 0 Å². The first-order valence-corrected chi connectivity index (χ1v) is 5.45. The lowest BCUT2D eigenvalue weighted by molar-refractivity contribution is 0.102. The maximum Gasteiger partial charge on any atom is 0.255 e. The zero-order chi connectivity index (χ0) is 12.5. The summed E-state index contributed by atoms with van der Waals surface area (Å²) in [4.78, 5) is 19.1. The Morgan fingerprint density at radius 1 is 1.44 bits per heavy atom. The molecule has 0 aliphatic heterocycles. The predicted octanol–water partition coefficient (Wildman–Crippen LogP) is 1.55. The number of nitrogens with zero attached hydrogens (tertiary/aromatic N) is 3. The Morgan fingerprint density at radius 3 is 3.11 bits per heavy atom. The standard InChI is InChI=1S/C12H11N5O/c1-17-6-9(5-15-17)16-12(18)8-2-3-10-11(4-8)14-7-13-10/h2-7H,1H3,(H,13,14)(H,16,18). The van der Waals surface area contributed by atoms with Crippen molar-refractivity contribution < 1.29 is 4.79 Å². The fourth-order valence-electron chi connectivity index (χ4n) is 1.77. The van der Waals surface area contributed by atoms with Crippen LogP contribution in [0.25, 0.3) is 11.0 Å². The van der Waals surface area contributed by atoms with Crippen molar-refractivity contribution in [1.82, 2.24) is 19.7 Å².